The van der Waals surface area contributed by atoms with Gasteiger partial charge in [0.1, 0.15) is 5.82 Å². The van der Waals surface area contributed by atoms with Crippen LogP contribution in [0, 0.1) is 5.82 Å². The van der Waals surface area contributed by atoms with E-state index < -0.39 is 37.0 Å². The number of carbonyl (C=O) groups is 2. The first kappa shape index (κ1) is 14.9. The van der Waals surface area contributed by atoms with E-state index in [1.165, 1.54) is 0 Å². The normalized spacial score (nSPS) is 14.9. The number of hydrogen-bond acceptors (Lipinski definition) is 3. The van der Waals surface area contributed by atoms with Crippen LogP contribution in [0.3, 0.4) is 0 Å². The number of alkyl halides is 3. The predicted octanol–water partition coefficient (Wildman–Crippen LogP) is 2.65. The molecule has 0 fully saturated rings. The number of hydrogen-bond donors (Lipinski definition) is 0. The average Bonchev–Trinajstić information content (AvgIpc) is 2.54. The van der Waals surface area contributed by atoms with E-state index in [0.717, 1.165) is 17.0 Å². The van der Waals surface area contributed by atoms with Gasteiger partial charge in [-0.05, 0) is 28.1 Å². The number of amides is 1. The molecule has 0 saturated heterocycles. The van der Waals surface area contributed by atoms with E-state index in [0.29, 0.717) is 0 Å². The van der Waals surface area contributed by atoms with Gasteiger partial charge in [-0.25, -0.2) is 4.39 Å². The summed E-state index contributed by atoms with van der Waals surface area (Å²) in [5, 5.41) is 0. The van der Waals surface area contributed by atoms with Crippen LogP contribution in [0.25, 0.3) is 0 Å². The van der Waals surface area contributed by atoms with Crippen molar-refractivity contribution in [3.05, 3.63) is 28.0 Å². The minimum Gasteiger partial charge on any atom is -0.302 e. The SMILES string of the molecule is O=C1C(=O)N(CCOC(F)(F)F)c2cc(F)c(Br)cc21. The molecule has 4 nitrogen and oxygen atoms in total. The number of benzene rings is 1. The zero-order chi connectivity index (χ0) is 15.1. The Bertz CT molecular complexity index is 588. The summed E-state index contributed by atoms with van der Waals surface area (Å²) in [4.78, 5) is 24.0. The summed E-state index contributed by atoms with van der Waals surface area (Å²) in [5.41, 5.74) is -0.123. The summed E-state index contributed by atoms with van der Waals surface area (Å²) >= 11 is 2.86. The largest absolute Gasteiger partial charge is 0.522 e. The number of ketones is 1. The smallest absolute Gasteiger partial charge is 0.302 e. The number of ether oxygens (including phenoxy) is 1. The highest BCUT2D eigenvalue weighted by Gasteiger charge is 2.37. The first-order valence-corrected chi connectivity index (χ1v) is 6.06. The second kappa shape index (κ2) is 5.13. The molecule has 1 heterocycles. The molecular formula is C11H6BrF4NO3. The van der Waals surface area contributed by atoms with Crippen molar-refractivity contribution < 1.29 is 31.9 Å². The Hall–Kier alpha value is -1.48. The van der Waals surface area contributed by atoms with Gasteiger partial charge in [-0.1, -0.05) is 0 Å². The second-order valence-electron chi connectivity index (χ2n) is 3.86. The fourth-order valence-corrected chi connectivity index (χ4v) is 2.11. The van der Waals surface area contributed by atoms with Crippen LogP contribution in [-0.4, -0.2) is 31.2 Å². The third kappa shape index (κ3) is 2.83. The summed E-state index contributed by atoms with van der Waals surface area (Å²) in [5.74, 6) is -2.64. The fraction of sp³-hybridized carbons (Fsp3) is 0.273. The highest BCUT2D eigenvalue weighted by Crippen LogP contribution is 2.33. The molecule has 0 saturated carbocycles. The van der Waals surface area contributed by atoms with Crippen molar-refractivity contribution in [2.24, 2.45) is 0 Å². The third-order valence-electron chi connectivity index (χ3n) is 2.59. The Labute approximate surface area is 118 Å². The van der Waals surface area contributed by atoms with Gasteiger partial charge in [0.25, 0.3) is 11.7 Å². The van der Waals surface area contributed by atoms with Gasteiger partial charge in [0.15, 0.2) is 0 Å². The summed E-state index contributed by atoms with van der Waals surface area (Å²) in [6.45, 7) is -1.35. The molecule has 0 spiro atoms. The maximum Gasteiger partial charge on any atom is 0.522 e. The maximum absolute atomic E-state index is 13.4. The molecule has 1 amide bonds. The van der Waals surface area contributed by atoms with Gasteiger partial charge in [-0.2, -0.15) is 0 Å². The molecule has 0 unspecified atom stereocenters. The molecule has 0 N–H and O–H groups in total. The van der Waals surface area contributed by atoms with Crippen LogP contribution in [0.1, 0.15) is 10.4 Å². The van der Waals surface area contributed by atoms with Crippen molar-refractivity contribution in [3.63, 3.8) is 0 Å². The summed E-state index contributed by atoms with van der Waals surface area (Å²) in [6, 6.07) is 2.03. The Morgan fingerprint density at radius 2 is 1.90 bits per heavy atom. The molecule has 1 aliphatic heterocycles. The van der Waals surface area contributed by atoms with E-state index in [2.05, 4.69) is 20.7 Å². The van der Waals surface area contributed by atoms with E-state index in [4.69, 9.17) is 0 Å². The van der Waals surface area contributed by atoms with Crippen molar-refractivity contribution in [1.29, 1.82) is 0 Å². The maximum atomic E-state index is 13.4. The molecule has 2 rings (SSSR count). The molecule has 9 heteroatoms. The molecule has 108 valence electrons. The van der Waals surface area contributed by atoms with Gasteiger partial charge in [-0.15, -0.1) is 13.2 Å². The summed E-state index contributed by atoms with van der Waals surface area (Å²) in [6.07, 6.45) is -4.83. The average molecular weight is 356 g/mol. The van der Waals surface area contributed by atoms with E-state index in [1.807, 2.05) is 0 Å². The van der Waals surface area contributed by atoms with Crippen LogP contribution < -0.4 is 4.90 Å². The zero-order valence-corrected chi connectivity index (χ0v) is 11.2. The minimum atomic E-state index is -4.83. The number of rotatable bonds is 3. The van der Waals surface area contributed by atoms with Crippen molar-refractivity contribution in [2.75, 3.05) is 18.1 Å². The molecule has 20 heavy (non-hydrogen) atoms. The van der Waals surface area contributed by atoms with Gasteiger partial charge in [0, 0.05) is 0 Å². The first-order chi connectivity index (χ1) is 9.20. The van der Waals surface area contributed by atoms with Crippen LogP contribution in [0.4, 0.5) is 23.2 Å². The molecule has 1 aliphatic rings. The van der Waals surface area contributed by atoms with Crippen LogP contribution >= 0.6 is 15.9 Å². The van der Waals surface area contributed by atoms with Crippen molar-refractivity contribution in [1.82, 2.24) is 0 Å². The van der Waals surface area contributed by atoms with Crippen LogP contribution in [0.5, 0.6) is 0 Å². The van der Waals surface area contributed by atoms with E-state index in [1.54, 1.807) is 0 Å². The Balaban J connectivity index is 2.22. The van der Waals surface area contributed by atoms with Gasteiger partial charge in [0.2, 0.25) is 0 Å². The standard InChI is InChI=1S/C11H6BrF4NO3/c12-6-3-5-8(4-7(6)13)17(10(19)9(5)18)1-2-20-11(14,15)16/h3-4H,1-2H2. The first-order valence-electron chi connectivity index (χ1n) is 5.26. The lowest BCUT2D eigenvalue weighted by atomic mass is 10.1. The second-order valence-corrected chi connectivity index (χ2v) is 4.72. The zero-order valence-electron chi connectivity index (χ0n) is 9.63. The molecule has 0 aromatic heterocycles. The van der Waals surface area contributed by atoms with E-state index >= 15 is 0 Å². The molecule has 0 atom stereocenters. The summed E-state index contributed by atoms with van der Waals surface area (Å²) in [7, 11) is 0. The van der Waals surface area contributed by atoms with Crippen LogP contribution in [-0.2, 0) is 9.53 Å². The number of carbonyl (C=O) groups excluding carboxylic acids is 2. The monoisotopic (exact) mass is 355 g/mol. The molecule has 0 bridgehead atoms. The summed E-state index contributed by atoms with van der Waals surface area (Å²) < 4.78 is 52.5. The van der Waals surface area contributed by atoms with Crippen molar-refractivity contribution >= 4 is 33.3 Å². The number of nitrogens with zero attached hydrogens (tertiary/aromatic N) is 1. The Morgan fingerprint density at radius 3 is 2.50 bits per heavy atom. The number of fused-ring (bicyclic) bond motifs is 1. The molecule has 0 aliphatic carbocycles. The lowest BCUT2D eigenvalue weighted by Crippen LogP contribution is -2.34. The number of Topliss-reactive ketones (excluding diaryl/α,β-unsaturated/α-hetero) is 1. The Morgan fingerprint density at radius 1 is 1.25 bits per heavy atom. The van der Waals surface area contributed by atoms with E-state index in [9.17, 15) is 27.2 Å². The highest BCUT2D eigenvalue weighted by atomic mass is 79.9. The molecule has 1 aromatic rings. The van der Waals surface area contributed by atoms with E-state index in [-0.39, 0.29) is 15.7 Å². The minimum absolute atomic E-state index is 0.00853. The third-order valence-corrected chi connectivity index (χ3v) is 3.20. The van der Waals surface area contributed by atoms with Crippen LogP contribution in [0.15, 0.2) is 16.6 Å². The number of anilines is 1. The van der Waals surface area contributed by atoms with Gasteiger partial charge in [-0.3, -0.25) is 14.3 Å². The molecule has 0 radical (unpaired) electrons. The quantitative estimate of drug-likeness (QED) is 0.618. The highest BCUT2D eigenvalue weighted by molar-refractivity contribution is 9.10. The van der Waals surface area contributed by atoms with Gasteiger partial charge < -0.3 is 4.90 Å². The number of halogens is 5. The molecule has 1 aromatic carbocycles. The lowest BCUT2D eigenvalue weighted by Gasteiger charge is -2.17. The topological polar surface area (TPSA) is 46.6 Å². The van der Waals surface area contributed by atoms with Crippen molar-refractivity contribution in [2.45, 2.75) is 6.36 Å². The lowest BCUT2D eigenvalue weighted by molar-refractivity contribution is -0.323. The van der Waals surface area contributed by atoms with Gasteiger partial charge in [0.05, 0.1) is 28.9 Å². The fourth-order valence-electron chi connectivity index (χ4n) is 1.76. The molecular weight excluding hydrogens is 350 g/mol. The Kier molecular flexibility index (Phi) is 3.83. The van der Waals surface area contributed by atoms with Gasteiger partial charge >= 0.3 is 6.36 Å². The van der Waals surface area contributed by atoms with Crippen LogP contribution in [0.2, 0.25) is 0 Å². The van der Waals surface area contributed by atoms with Crippen molar-refractivity contribution in [3.8, 4) is 0 Å². The predicted molar refractivity (Wildman–Crippen MR) is 62.8 cm³/mol.